The van der Waals surface area contributed by atoms with Gasteiger partial charge in [0, 0.05) is 36.3 Å². The van der Waals surface area contributed by atoms with Crippen LogP contribution in [0.3, 0.4) is 0 Å². The maximum atomic E-state index is 13.5. The lowest BCUT2D eigenvalue weighted by Gasteiger charge is -2.61. The Labute approximate surface area is 209 Å². The fourth-order valence-corrected chi connectivity index (χ4v) is 8.93. The number of carbonyl (C=O) groups is 3. The number of carbonyl (C=O) groups excluding carboxylic acids is 3. The Kier molecular flexibility index (Phi) is 5.99. The van der Waals surface area contributed by atoms with Crippen molar-refractivity contribution in [2.75, 3.05) is 19.6 Å². The van der Waals surface area contributed by atoms with Crippen molar-refractivity contribution in [1.29, 1.82) is 0 Å². The number of ether oxygens (including phenoxy) is 1. The average molecular weight is 487 g/mol. The zero-order chi connectivity index (χ0) is 25.3. The highest BCUT2D eigenvalue weighted by Crippen LogP contribution is 2.68. The molecule has 7 nitrogen and oxygen atoms in total. The zero-order valence-electron chi connectivity index (χ0n) is 21.7. The number of nitrogens with one attached hydrogen (secondary N) is 1. The lowest BCUT2D eigenvalue weighted by Crippen LogP contribution is -2.63. The molecule has 2 amide bonds. The molecule has 2 saturated heterocycles. The molecule has 2 aliphatic heterocycles. The smallest absolute Gasteiger partial charge is 0.414 e. The summed E-state index contributed by atoms with van der Waals surface area (Å²) in [5, 5.41) is 14.1. The van der Waals surface area contributed by atoms with Gasteiger partial charge in [0.15, 0.2) is 0 Å². The molecule has 0 radical (unpaired) electrons. The van der Waals surface area contributed by atoms with E-state index in [-0.39, 0.29) is 40.8 Å². The van der Waals surface area contributed by atoms with Gasteiger partial charge in [-0.05, 0) is 61.8 Å². The first kappa shape index (κ1) is 24.9. The second-order valence-corrected chi connectivity index (χ2v) is 12.9. The summed E-state index contributed by atoms with van der Waals surface area (Å²) in [5.74, 6) is -0.100. The number of hydrogen-bond acceptors (Lipinski definition) is 6. The third-order valence-corrected chi connectivity index (χ3v) is 11.4. The third kappa shape index (κ3) is 3.55. The lowest BCUT2D eigenvalue weighted by molar-refractivity contribution is -0.191. The van der Waals surface area contributed by atoms with Crippen molar-refractivity contribution in [3.05, 3.63) is 12.7 Å². The minimum atomic E-state index is -0.734. The minimum Gasteiger partial charge on any atom is -0.445 e. The molecule has 3 aliphatic carbocycles. The van der Waals surface area contributed by atoms with Crippen LogP contribution in [-0.4, -0.2) is 59.6 Å². The molecule has 2 heterocycles. The van der Waals surface area contributed by atoms with E-state index in [2.05, 4.69) is 37.6 Å². The largest absolute Gasteiger partial charge is 0.445 e. The van der Waals surface area contributed by atoms with Crippen molar-refractivity contribution in [3.63, 3.8) is 0 Å². The van der Waals surface area contributed by atoms with Crippen molar-refractivity contribution in [2.45, 2.75) is 78.4 Å². The van der Waals surface area contributed by atoms with E-state index in [9.17, 15) is 19.5 Å². The van der Waals surface area contributed by atoms with Crippen LogP contribution in [0.1, 0.15) is 66.2 Å². The van der Waals surface area contributed by atoms with Crippen LogP contribution in [0.2, 0.25) is 0 Å². The molecule has 194 valence electrons. The van der Waals surface area contributed by atoms with Gasteiger partial charge in [-0.2, -0.15) is 0 Å². The van der Waals surface area contributed by atoms with Crippen LogP contribution in [0.4, 0.5) is 4.79 Å². The first-order chi connectivity index (χ1) is 16.5. The number of nitrogens with zero attached hydrogens (tertiary/aromatic N) is 1. The highest BCUT2D eigenvalue weighted by Gasteiger charge is 2.68. The third-order valence-electron chi connectivity index (χ3n) is 11.4. The fourth-order valence-electron chi connectivity index (χ4n) is 8.93. The van der Waals surface area contributed by atoms with E-state index < -0.39 is 29.1 Å². The fraction of sp³-hybridized carbons (Fsp3) is 0.821. The molecular weight excluding hydrogens is 444 g/mol. The number of hydrogen-bond donors (Lipinski definition) is 2. The molecule has 0 aromatic carbocycles. The van der Waals surface area contributed by atoms with Crippen molar-refractivity contribution in [1.82, 2.24) is 10.2 Å². The van der Waals surface area contributed by atoms with Gasteiger partial charge < -0.3 is 14.7 Å². The Balaban J connectivity index is 1.46. The molecule has 5 aliphatic rings. The number of Topliss-reactive ketones (excluding diaryl/α,β-unsaturated/α-hetero) is 1. The lowest BCUT2D eigenvalue weighted by atomic mass is 9.44. The standard InChI is InChI=1S/C28H42N2O5/c1-6-26(4)13-21(35-25(34)29-24(33)19-15-30-12-9-18(19)14-30)27(5)16(2)7-10-28(17(3)23(26)32)11-8-20(31)22(27)28/h6,16-19,21-23,32H,1,7-15H2,2-5H3,(H,29,33,34)/t16-,17+,18-,19+,21-,22+,23+,26-,27+,28+/m1/s1. The summed E-state index contributed by atoms with van der Waals surface area (Å²) in [6.07, 6.45) is 4.17. The number of ketones is 1. The highest BCUT2D eigenvalue weighted by molar-refractivity contribution is 5.93. The van der Waals surface area contributed by atoms with Gasteiger partial charge in [0.05, 0.1) is 12.0 Å². The number of fused-ring (bicyclic) bond motifs is 2. The summed E-state index contributed by atoms with van der Waals surface area (Å²) in [6, 6.07) is 0. The van der Waals surface area contributed by atoms with E-state index in [0.717, 1.165) is 38.8 Å². The number of amides is 2. The molecule has 0 aromatic heterocycles. The predicted octanol–water partition coefficient (Wildman–Crippen LogP) is 3.55. The molecule has 0 spiro atoms. The number of aliphatic hydroxyl groups is 1. The van der Waals surface area contributed by atoms with Gasteiger partial charge >= 0.3 is 6.09 Å². The maximum absolute atomic E-state index is 13.5. The normalized spacial score (nSPS) is 50.7. The Hall–Kier alpha value is -1.73. The van der Waals surface area contributed by atoms with Crippen LogP contribution >= 0.6 is 0 Å². The van der Waals surface area contributed by atoms with E-state index in [1.807, 2.05) is 6.92 Å². The van der Waals surface area contributed by atoms with E-state index in [4.69, 9.17) is 4.74 Å². The monoisotopic (exact) mass is 486 g/mol. The highest BCUT2D eigenvalue weighted by atomic mass is 16.6. The topological polar surface area (TPSA) is 95.9 Å². The van der Waals surface area contributed by atoms with Crippen molar-refractivity contribution >= 4 is 17.8 Å². The predicted molar refractivity (Wildman–Crippen MR) is 131 cm³/mol. The van der Waals surface area contributed by atoms with Gasteiger partial charge in [0.2, 0.25) is 5.91 Å². The molecule has 11 atom stereocenters. The van der Waals surface area contributed by atoms with Crippen LogP contribution in [-0.2, 0) is 14.3 Å². The van der Waals surface area contributed by atoms with Crippen LogP contribution < -0.4 is 5.32 Å². The molecule has 35 heavy (non-hydrogen) atoms. The minimum absolute atomic E-state index is 0.0714. The molecule has 0 aromatic rings. The summed E-state index contributed by atoms with van der Waals surface area (Å²) in [7, 11) is 0. The van der Waals surface area contributed by atoms with Crippen molar-refractivity contribution in [3.8, 4) is 0 Å². The first-order valence-corrected chi connectivity index (χ1v) is 13.5. The molecular formula is C28H42N2O5. The van der Waals surface area contributed by atoms with Crippen LogP contribution in [0.15, 0.2) is 12.7 Å². The first-order valence-electron chi connectivity index (χ1n) is 13.5. The molecule has 7 heteroatoms. The molecule has 1 unspecified atom stereocenters. The Morgan fingerprint density at radius 3 is 2.57 bits per heavy atom. The van der Waals surface area contributed by atoms with Gasteiger partial charge in [-0.1, -0.05) is 33.8 Å². The van der Waals surface area contributed by atoms with Gasteiger partial charge in [0.1, 0.15) is 11.9 Å². The molecule has 5 rings (SSSR count). The van der Waals surface area contributed by atoms with Crippen LogP contribution in [0, 0.1) is 45.8 Å². The maximum Gasteiger partial charge on any atom is 0.414 e. The summed E-state index contributed by atoms with van der Waals surface area (Å²) in [4.78, 5) is 41.8. The number of alkyl carbamates (subject to hydrolysis) is 1. The second kappa shape index (κ2) is 8.41. The van der Waals surface area contributed by atoms with Crippen molar-refractivity contribution in [2.24, 2.45) is 45.8 Å². The summed E-state index contributed by atoms with van der Waals surface area (Å²) < 4.78 is 6.13. The van der Waals surface area contributed by atoms with E-state index in [1.54, 1.807) is 6.08 Å². The summed E-state index contributed by atoms with van der Waals surface area (Å²) in [6.45, 7) is 15.0. The quantitative estimate of drug-likeness (QED) is 0.593. The number of aliphatic hydroxyl groups excluding tert-OH is 1. The molecule has 3 saturated carbocycles. The molecule has 2 N–H and O–H groups in total. The van der Waals surface area contributed by atoms with Gasteiger partial charge in [-0.15, -0.1) is 6.58 Å². The SMILES string of the molecule is C=C[C@]1(C)C[C@@H](OC(=O)NC(=O)[C@H]2CN3CC[C@@H]2C3)[C@]2(C)[C@H](C)CC[C@]3(CCC(=O)[C@H]32)[C@@H](C)[C@@H]1O. The summed E-state index contributed by atoms with van der Waals surface area (Å²) >= 11 is 0. The number of imide groups is 1. The Bertz CT molecular complexity index is 936. The van der Waals surface area contributed by atoms with Crippen LogP contribution in [0.5, 0.6) is 0 Å². The van der Waals surface area contributed by atoms with Gasteiger partial charge in [-0.3, -0.25) is 14.9 Å². The van der Waals surface area contributed by atoms with Gasteiger partial charge in [-0.25, -0.2) is 4.79 Å². The van der Waals surface area contributed by atoms with Gasteiger partial charge in [0.25, 0.3) is 0 Å². The Morgan fingerprint density at radius 1 is 1.20 bits per heavy atom. The Morgan fingerprint density at radius 2 is 1.94 bits per heavy atom. The summed E-state index contributed by atoms with van der Waals surface area (Å²) in [5.41, 5.74) is -1.58. The molecule has 4 bridgehead atoms. The van der Waals surface area contributed by atoms with E-state index in [0.29, 0.717) is 25.3 Å². The molecule has 5 fully saturated rings. The van der Waals surface area contributed by atoms with Crippen molar-refractivity contribution < 1.29 is 24.2 Å². The van der Waals surface area contributed by atoms with Crippen LogP contribution in [0.25, 0.3) is 0 Å². The van der Waals surface area contributed by atoms with E-state index >= 15 is 0 Å². The number of piperidine rings is 1. The second-order valence-electron chi connectivity index (χ2n) is 12.9. The number of rotatable bonds is 3. The average Bonchev–Trinajstić information content (AvgIpc) is 3.55. The van der Waals surface area contributed by atoms with E-state index in [1.165, 1.54) is 0 Å². The zero-order valence-corrected chi connectivity index (χ0v) is 21.7.